The van der Waals surface area contributed by atoms with Gasteiger partial charge in [-0.3, -0.25) is 4.18 Å². The maximum atomic E-state index is 10.9. The van der Waals surface area contributed by atoms with Crippen LogP contribution in [0.4, 0.5) is 0 Å². The van der Waals surface area contributed by atoms with E-state index in [-0.39, 0.29) is 12.7 Å². The third kappa shape index (κ3) is 6.31. The van der Waals surface area contributed by atoms with E-state index in [0.717, 1.165) is 16.5 Å². The predicted molar refractivity (Wildman–Crippen MR) is 79.9 cm³/mol. The van der Waals surface area contributed by atoms with Crippen molar-refractivity contribution in [2.24, 2.45) is 0 Å². The van der Waals surface area contributed by atoms with Crippen LogP contribution in [-0.2, 0) is 23.8 Å². The predicted octanol–water partition coefficient (Wildman–Crippen LogP) is 1.59. The molecule has 0 radical (unpaired) electrons. The van der Waals surface area contributed by atoms with Gasteiger partial charge in [0.25, 0.3) is 10.1 Å². The van der Waals surface area contributed by atoms with Gasteiger partial charge in [-0.05, 0) is 24.3 Å². The molecular formula is C13H17BrO6S. The SMILES string of the molecule is CS(=O)(=O)OCC1COCC(COc2ccc(Br)cc2)O1. The lowest BCUT2D eigenvalue weighted by Gasteiger charge is -2.29. The Kier molecular flexibility index (Phi) is 6.00. The first kappa shape index (κ1) is 16.7. The highest BCUT2D eigenvalue weighted by Gasteiger charge is 2.25. The van der Waals surface area contributed by atoms with Gasteiger partial charge in [0, 0.05) is 4.47 Å². The van der Waals surface area contributed by atoms with E-state index in [9.17, 15) is 8.42 Å². The maximum Gasteiger partial charge on any atom is 0.264 e. The third-order valence-electron chi connectivity index (χ3n) is 2.71. The fourth-order valence-corrected chi connectivity index (χ4v) is 2.44. The average Bonchev–Trinajstić information content (AvgIpc) is 2.44. The van der Waals surface area contributed by atoms with Crippen molar-refractivity contribution in [2.45, 2.75) is 12.2 Å². The maximum absolute atomic E-state index is 10.9. The van der Waals surface area contributed by atoms with E-state index in [1.54, 1.807) is 0 Å². The second-order valence-electron chi connectivity index (χ2n) is 4.67. The Bertz CT molecular complexity index is 544. The molecule has 1 aliphatic heterocycles. The van der Waals surface area contributed by atoms with Crippen LogP contribution >= 0.6 is 15.9 Å². The Balaban J connectivity index is 1.77. The molecular weight excluding hydrogens is 364 g/mol. The zero-order valence-corrected chi connectivity index (χ0v) is 13.9. The summed E-state index contributed by atoms with van der Waals surface area (Å²) in [7, 11) is -3.47. The summed E-state index contributed by atoms with van der Waals surface area (Å²) >= 11 is 3.35. The molecule has 0 aliphatic carbocycles. The van der Waals surface area contributed by atoms with E-state index in [4.69, 9.17) is 18.4 Å². The monoisotopic (exact) mass is 380 g/mol. The molecule has 1 aromatic rings. The van der Waals surface area contributed by atoms with Crippen LogP contribution in [0.1, 0.15) is 0 Å². The molecule has 2 rings (SSSR count). The van der Waals surface area contributed by atoms with Gasteiger partial charge in [0.2, 0.25) is 0 Å². The largest absolute Gasteiger partial charge is 0.491 e. The van der Waals surface area contributed by atoms with Crippen LogP contribution in [0, 0.1) is 0 Å². The van der Waals surface area contributed by atoms with Gasteiger partial charge < -0.3 is 14.2 Å². The molecule has 1 saturated heterocycles. The topological polar surface area (TPSA) is 71.1 Å². The van der Waals surface area contributed by atoms with Gasteiger partial charge in [0.1, 0.15) is 24.6 Å². The number of benzene rings is 1. The molecule has 0 amide bonds. The Morgan fingerprint density at radius 2 is 1.81 bits per heavy atom. The van der Waals surface area contributed by atoms with Crippen LogP contribution in [0.2, 0.25) is 0 Å². The fourth-order valence-electron chi connectivity index (χ4n) is 1.78. The van der Waals surface area contributed by atoms with E-state index in [0.29, 0.717) is 19.8 Å². The first-order valence-corrected chi connectivity index (χ1v) is 8.99. The molecule has 0 N–H and O–H groups in total. The Morgan fingerprint density at radius 1 is 1.19 bits per heavy atom. The van der Waals surface area contributed by atoms with Gasteiger partial charge in [-0.2, -0.15) is 8.42 Å². The van der Waals surface area contributed by atoms with Crippen LogP contribution in [0.15, 0.2) is 28.7 Å². The average molecular weight is 381 g/mol. The van der Waals surface area contributed by atoms with Crippen LogP contribution in [0.25, 0.3) is 0 Å². The lowest BCUT2D eigenvalue weighted by Crippen LogP contribution is -2.42. The highest BCUT2D eigenvalue weighted by Crippen LogP contribution is 2.17. The number of rotatable bonds is 6. The van der Waals surface area contributed by atoms with Crippen molar-refractivity contribution < 1.29 is 26.8 Å². The molecule has 0 spiro atoms. The van der Waals surface area contributed by atoms with Crippen LogP contribution < -0.4 is 4.74 Å². The van der Waals surface area contributed by atoms with Crippen LogP contribution in [0.5, 0.6) is 5.75 Å². The first-order chi connectivity index (χ1) is 9.92. The number of hydrogen-bond acceptors (Lipinski definition) is 6. The van der Waals surface area contributed by atoms with Crippen molar-refractivity contribution in [3.8, 4) is 5.75 Å². The van der Waals surface area contributed by atoms with Crippen LogP contribution in [-0.4, -0.2) is 53.3 Å². The van der Waals surface area contributed by atoms with Gasteiger partial charge in [-0.1, -0.05) is 15.9 Å². The lowest BCUT2D eigenvalue weighted by atomic mass is 10.3. The van der Waals surface area contributed by atoms with Crippen molar-refractivity contribution >= 4 is 26.0 Å². The molecule has 1 heterocycles. The molecule has 2 unspecified atom stereocenters. The van der Waals surface area contributed by atoms with Crippen molar-refractivity contribution in [3.63, 3.8) is 0 Å². The molecule has 0 bridgehead atoms. The molecule has 1 aromatic carbocycles. The molecule has 6 nitrogen and oxygen atoms in total. The molecule has 21 heavy (non-hydrogen) atoms. The minimum absolute atomic E-state index is 0.0480. The molecule has 1 aliphatic rings. The van der Waals surface area contributed by atoms with Gasteiger partial charge >= 0.3 is 0 Å². The second-order valence-corrected chi connectivity index (χ2v) is 7.23. The summed E-state index contributed by atoms with van der Waals surface area (Å²) in [6.45, 7) is 1.00. The van der Waals surface area contributed by atoms with Gasteiger partial charge in [-0.15, -0.1) is 0 Å². The summed E-state index contributed by atoms with van der Waals surface area (Å²) < 4.78 is 44.3. The minimum atomic E-state index is -3.47. The zero-order valence-electron chi connectivity index (χ0n) is 11.5. The number of ether oxygens (including phenoxy) is 3. The number of halogens is 1. The van der Waals surface area contributed by atoms with Crippen LogP contribution in [0.3, 0.4) is 0 Å². The van der Waals surface area contributed by atoms with E-state index in [1.807, 2.05) is 24.3 Å². The fraction of sp³-hybridized carbons (Fsp3) is 0.538. The summed E-state index contributed by atoms with van der Waals surface area (Å²) in [5.74, 6) is 0.733. The normalized spacial score (nSPS) is 23.0. The Morgan fingerprint density at radius 3 is 2.43 bits per heavy atom. The summed E-state index contributed by atoms with van der Waals surface area (Å²) in [4.78, 5) is 0. The second kappa shape index (κ2) is 7.55. The molecule has 2 atom stereocenters. The highest BCUT2D eigenvalue weighted by molar-refractivity contribution is 9.10. The van der Waals surface area contributed by atoms with E-state index in [1.165, 1.54) is 0 Å². The van der Waals surface area contributed by atoms with Crippen molar-refractivity contribution in [3.05, 3.63) is 28.7 Å². The van der Waals surface area contributed by atoms with Crippen molar-refractivity contribution in [1.29, 1.82) is 0 Å². The first-order valence-electron chi connectivity index (χ1n) is 6.38. The van der Waals surface area contributed by atoms with Crippen molar-refractivity contribution in [2.75, 3.05) is 32.7 Å². The van der Waals surface area contributed by atoms with E-state index < -0.39 is 16.2 Å². The van der Waals surface area contributed by atoms with E-state index in [2.05, 4.69) is 15.9 Å². The van der Waals surface area contributed by atoms with Gasteiger partial charge in [0.15, 0.2) is 0 Å². The third-order valence-corrected chi connectivity index (χ3v) is 3.80. The van der Waals surface area contributed by atoms with Crippen molar-refractivity contribution in [1.82, 2.24) is 0 Å². The lowest BCUT2D eigenvalue weighted by molar-refractivity contribution is -0.156. The highest BCUT2D eigenvalue weighted by atomic mass is 79.9. The molecule has 0 aromatic heterocycles. The summed E-state index contributed by atoms with van der Waals surface area (Å²) in [6, 6.07) is 7.46. The van der Waals surface area contributed by atoms with Gasteiger partial charge in [-0.25, -0.2) is 0 Å². The smallest absolute Gasteiger partial charge is 0.264 e. The molecule has 1 fully saturated rings. The number of hydrogen-bond donors (Lipinski definition) is 0. The zero-order chi connectivity index (χ0) is 15.3. The summed E-state index contributed by atoms with van der Waals surface area (Å²) in [6.07, 6.45) is 0.340. The summed E-state index contributed by atoms with van der Waals surface area (Å²) in [5.41, 5.74) is 0. The Hall–Kier alpha value is -0.670. The molecule has 0 saturated carbocycles. The Labute approximate surface area is 132 Å². The van der Waals surface area contributed by atoms with E-state index >= 15 is 0 Å². The van der Waals surface area contributed by atoms with Gasteiger partial charge in [0.05, 0.1) is 26.1 Å². The minimum Gasteiger partial charge on any atom is -0.491 e. The molecule has 8 heteroatoms. The molecule has 118 valence electrons. The quantitative estimate of drug-likeness (QED) is 0.697. The summed E-state index contributed by atoms with van der Waals surface area (Å²) in [5, 5.41) is 0. The standard InChI is InChI=1S/C13H17BrO6S/c1-21(15,16)19-9-13-7-17-6-12(20-13)8-18-11-4-2-10(14)3-5-11/h2-5,12-13H,6-9H2,1H3.